The Balaban J connectivity index is 2.57. The molecule has 0 aromatic carbocycles. The van der Waals surface area contributed by atoms with E-state index in [0.29, 0.717) is 6.04 Å². The summed E-state index contributed by atoms with van der Waals surface area (Å²) >= 11 is 0. The summed E-state index contributed by atoms with van der Waals surface area (Å²) in [6.07, 6.45) is 1.09. The quantitative estimate of drug-likeness (QED) is 0.822. The standard InChI is InChI=1S/C13H27NO2S/c1-6-14-12(13(3,4)5)9-17(15)11-7-8-16-10(11)2/h10-12,14H,6-9H2,1-5H3. The van der Waals surface area contributed by atoms with Gasteiger partial charge in [0.25, 0.3) is 0 Å². The normalized spacial score (nSPS) is 29.2. The van der Waals surface area contributed by atoms with Gasteiger partial charge in [0.1, 0.15) is 0 Å². The van der Waals surface area contributed by atoms with Crippen LogP contribution in [0.4, 0.5) is 0 Å². The van der Waals surface area contributed by atoms with Gasteiger partial charge in [-0.25, -0.2) is 0 Å². The minimum Gasteiger partial charge on any atom is -0.377 e. The molecule has 1 fully saturated rings. The van der Waals surface area contributed by atoms with Crippen molar-refractivity contribution in [3.05, 3.63) is 0 Å². The Morgan fingerprint density at radius 1 is 1.47 bits per heavy atom. The van der Waals surface area contributed by atoms with Crippen molar-refractivity contribution in [1.29, 1.82) is 0 Å². The Bertz CT molecular complexity index is 263. The molecule has 0 amide bonds. The van der Waals surface area contributed by atoms with Crippen LogP contribution in [0.1, 0.15) is 41.0 Å². The second-order valence-electron chi connectivity index (χ2n) is 5.93. The molecule has 0 aromatic heterocycles. The molecule has 17 heavy (non-hydrogen) atoms. The smallest absolute Gasteiger partial charge is 0.0691 e. The van der Waals surface area contributed by atoms with Crippen LogP contribution in [-0.2, 0) is 15.5 Å². The maximum absolute atomic E-state index is 12.4. The van der Waals surface area contributed by atoms with Crippen LogP contribution in [0.5, 0.6) is 0 Å². The Kier molecular flexibility index (Phi) is 5.61. The first kappa shape index (κ1) is 15.1. The van der Waals surface area contributed by atoms with Gasteiger partial charge in [-0.05, 0) is 25.3 Å². The van der Waals surface area contributed by atoms with Crippen molar-refractivity contribution in [2.45, 2.75) is 58.4 Å². The second-order valence-corrected chi connectivity index (χ2v) is 7.63. The maximum Gasteiger partial charge on any atom is 0.0691 e. The van der Waals surface area contributed by atoms with Crippen molar-refractivity contribution in [2.24, 2.45) is 5.41 Å². The van der Waals surface area contributed by atoms with E-state index in [2.05, 4.69) is 33.0 Å². The van der Waals surface area contributed by atoms with Gasteiger partial charge in [0.05, 0.1) is 11.4 Å². The molecule has 0 bridgehead atoms. The summed E-state index contributed by atoms with van der Waals surface area (Å²) in [5.74, 6) is 0.732. The van der Waals surface area contributed by atoms with Crippen molar-refractivity contribution in [2.75, 3.05) is 18.9 Å². The molecule has 4 heteroatoms. The predicted octanol–water partition coefficient (Wildman–Crippen LogP) is 1.94. The molecule has 0 spiro atoms. The van der Waals surface area contributed by atoms with Crippen LogP contribution < -0.4 is 5.32 Å². The Morgan fingerprint density at radius 2 is 2.12 bits per heavy atom. The third-order valence-corrected chi connectivity index (χ3v) is 5.43. The minimum absolute atomic E-state index is 0.147. The van der Waals surface area contributed by atoms with Crippen molar-refractivity contribution >= 4 is 10.8 Å². The van der Waals surface area contributed by atoms with Crippen LogP contribution in [-0.4, -0.2) is 40.5 Å². The first-order valence-corrected chi connectivity index (χ1v) is 7.96. The molecule has 0 aliphatic carbocycles. The van der Waals surface area contributed by atoms with Crippen molar-refractivity contribution < 1.29 is 8.95 Å². The lowest BCUT2D eigenvalue weighted by Gasteiger charge is -2.32. The lowest BCUT2D eigenvalue weighted by Crippen LogP contribution is -2.46. The maximum atomic E-state index is 12.4. The predicted molar refractivity (Wildman–Crippen MR) is 73.7 cm³/mol. The van der Waals surface area contributed by atoms with Crippen LogP contribution in [0.2, 0.25) is 0 Å². The van der Waals surface area contributed by atoms with Crippen LogP contribution >= 0.6 is 0 Å². The summed E-state index contributed by atoms with van der Waals surface area (Å²) in [6.45, 7) is 12.4. The third-order valence-electron chi connectivity index (χ3n) is 3.47. The fraction of sp³-hybridized carbons (Fsp3) is 1.00. The Labute approximate surface area is 108 Å². The number of ether oxygens (including phenoxy) is 1. The van der Waals surface area contributed by atoms with E-state index in [1.165, 1.54) is 0 Å². The number of nitrogens with one attached hydrogen (secondary N) is 1. The molecule has 1 aliphatic rings. The van der Waals surface area contributed by atoms with Crippen LogP contribution in [0.3, 0.4) is 0 Å². The van der Waals surface area contributed by atoms with E-state index in [0.717, 1.165) is 25.3 Å². The molecule has 1 rings (SSSR count). The average molecular weight is 261 g/mol. The zero-order chi connectivity index (χ0) is 13.1. The number of hydrogen-bond acceptors (Lipinski definition) is 3. The average Bonchev–Trinajstić information content (AvgIpc) is 2.62. The molecular formula is C13H27NO2S. The molecule has 0 radical (unpaired) electrons. The topological polar surface area (TPSA) is 38.3 Å². The monoisotopic (exact) mass is 261 g/mol. The van der Waals surface area contributed by atoms with Gasteiger partial charge in [0.2, 0.25) is 0 Å². The van der Waals surface area contributed by atoms with E-state index in [9.17, 15) is 4.21 Å². The molecule has 1 aliphatic heterocycles. The zero-order valence-corrected chi connectivity index (χ0v) is 12.6. The molecule has 0 saturated carbocycles. The van der Waals surface area contributed by atoms with E-state index in [1.54, 1.807) is 0 Å². The molecule has 0 aromatic rings. The van der Waals surface area contributed by atoms with Gasteiger partial charge in [-0.3, -0.25) is 4.21 Å². The summed E-state index contributed by atoms with van der Waals surface area (Å²) < 4.78 is 17.9. The molecular weight excluding hydrogens is 234 g/mol. The summed E-state index contributed by atoms with van der Waals surface area (Å²) in [7, 11) is -0.791. The minimum atomic E-state index is -0.791. The van der Waals surface area contributed by atoms with Crippen LogP contribution in [0, 0.1) is 5.41 Å². The lowest BCUT2D eigenvalue weighted by molar-refractivity contribution is 0.126. The Morgan fingerprint density at radius 3 is 2.53 bits per heavy atom. The third kappa shape index (κ3) is 4.34. The van der Waals surface area contributed by atoms with Gasteiger partial charge < -0.3 is 10.1 Å². The highest BCUT2D eigenvalue weighted by molar-refractivity contribution is 7.85. The van der Waals surface area contributed by atoms with Gasteiger partial charge >= 0.3 is 0 Å². The van der Waals surface area contributed by atoms with E-state index in [4.69, 9.17) is 4.74 Å². The first-order valence-electron chi connectivity index (χ1n) is 6.58. The van der Waals surface area contributed by atoms with Gasteiger partial charge in [-0.2, -0.15) is 0 Å². The van der Waals surface area contributed by atoms with E-state index in [-0.39, 0.29) is 16.8 Å². The fourth-order valence-corrected chi connectivity index (χ4v) is 4.27. The summed E-state index contributed by atoms with van der Waals surface area (Å²) in [5, 5.41) is 3.68. The van der Waals surface area contributed by atoms with Crippen molar-refractivity contribution in [3.63, 3.8) is 0 Å². The number of hydrogen-bond donors (Lipinski definition) is 1. The van der Waals surface area contributed by atoms with Gasteiger partial charge in [0, 0.05) is 29.2 Å². The van der Waals surface area contributed by atoms with Gasteiger partial charge in [-0.15, -0.1) is 0 Å². The highest BCUT2D eigenvalue weighted by atomic mass is 32.2. The molecule has 102 valence electrons. The van der Waals surface area contributed by atoms with E-state index < -0.39 is 10.8 Å². The second kappa shape index (κ2) is 6.30. The summed E-state index contributed by atoms with van der Waals surface area (Å²) in [4.78, 5) is 0. The van der Waals surface area contributed by atoms with Crippen LogP contribution in [0.25, 0.3) is 0 Å². The van der Waals surface area contributed by atoms with Crippen LogP contribution in [0.15, 0.2) is 0 Å². The largest absolute Gasteiger partial charge is 0.377 e. The van der Waals surface area contributed by atoms with Crippen molar-refractivity contribution in [3.8, 4) is 0 Å². The molecule has 1 saturated heterocycles. The molecule has 1 heterocycles. The molecule has 4 unspecified atom stereocenters. The summed E-state index contributed by atoms with van der Waals surface area (Å²) in [6, 6.07) is 0.307. The van der Waals surface area contributed by atoms with E-state index >= 15 is 0 Å². The van der Waals surface area contributed by atoms with Gasteiger partial charge in [0.15, 0.2) is 0 Å². The van der Waals surface area contributed by atoms with Crippen molar-refractivity contribution in [1.82, 2.24) is 5.32 Å². The molecule has 1 N–H and O–H groups in total. The molecule has 3 nitrogen and oxygen atoms in total. The Hall–Kier alpha value is 0.0700. The fourth-order valence-electron chi connectivity index (χ4n) is 2.21. The molecule has 4 atom stereocenters. The SMILES string of the molecule is CCNC(CS(=O)C1CCOC1C)C(C)(C)C. The zero-order valence-electron chi connectivity index (χ0n) is 11.8. The van der Waals surface area contributed by atoms with E-state index in [1.807, 2.05) is 6.92 Å². The number of rotatable bonds is 5. The summed E-state index contributed by atoms with van der Waals surface area (Å²) in [5.41, 5.74) is 0.147. The lowest BCUT2D eigenvalue weighted by atomic mass is 9.88. The highest BCUT2D eigenvalue weighted by Crippen LogP contribution is 2.24. The first-order chi connectivity index (χ1) is 7.86. The highest BCUT2D eigenvalue weighted by Gasteiger charge is 2.33. The van der Waals surface area contributed by atoms with Gasteiger partial charge in [-0.1, -0.05) is 27.7 Å².